The Bertz CT molecular complexity index is 1070. The summed E-state index contributed by atoms with van der Waals surface area (Å²) in [5, 5.41) is 6.98. The van der Waals surface area contributed by atoms with Crippen molar-refractivity contribution < 1.29 is 18.8 Å². The maximum atomic E-state index is 13.3. The minimum absolute atomic E-state index is 0.257. The van der Waals surface area contributed by atoms with Gasteiger partial charge in [0.2, 0.25) is 0 Å². The van der Waals surface area contributed by atoms with Gasteiger partial charge in [-0.1, -0.05) is 81.4 Å². The molecule has 5 nitrogen and oxygen atoms in total. The molecule has 3 aromatic rings. The number of anilines is 1. The summed E-state index contributed by atoms with van der Waals surface area (Å²) in [6.45, 7) is 8.25. The van der Waals surface area contributed by atoms with E-state index in [4.69, 9.17) is 9.16 Å². The molecule has 0 spiro atoms. The van der Waals surface area contributed by atoms with Crippen molar-refractivity contribution in [3.63, 3.8) is 0 Å². The highest BCUT2D eigenvalue weighted by Crippen LogP contribution is 2.38. The Morgan fingerprint density at radius 3 is 1.97 bits per heavy atom. The van der Waals surface area contributed by atoms with Crippen LogP contribution in [-0.4, -0.2) is 33.4 Å². The molecule has 2 aromatic carbocycles. The number of amides is 1. The molecule has 0 aliphatic heterocycles. The van der Waals surface area contributed by atoms with Gasteiger partial charge in [0.1, 0.15) is 16.7 Å². The van der Waals surface area contributed by atoms with Gasteiger partial charge in [-0.3, -0.25) is 4.79 Å². The molecule has 174 valence electrons. The van der Waals surface area contributed by atoms with Gasteiger partial charge in [0.25, 0.3) is 14.2 Å². The zero-order valence-electron chi connectivity index (χ0n) is 19.3. The van der Waals surface area contributed by atoms with Crippen molar-refractivity contribution in [2.24, 2.45) is 0 Å². The maximum absolute atomic E-state index is 13.3. The molecule has 1 atom stereocenters. The minimum atomic E-state index is -2.89. The van der Waals surface area contributed by atoms with Gasteiger partial charge in [-0.15, -0.1) is 11.3 Å². The highest BCUT2D eigenvalue weighted by molar-refractivity contribution is 9.10. The number of carbonyl (C=O) groups is 2. The van der Waals surface area contributed by atoms with Crippen LogP contribution in [0.15, 0.2) is 70.5 Å². The van der Waals surface area contributed by atoms with Crippen LogP contribution in [0.25, 0.3) is 0 Å². The van der Waals surface area contributed by atoms with E-state index in [0.29, 0.717) is 15.0 Å². The van der Waals surface area contributed by atoms with Crippen LogP contribution < -0.4 is 15.7 Å². The van der Waals surface area contributed by atoms with E-state index in [1.54, 1.807) is 12.3 Å². The van der Waals surface area contributed by atoms with Crippen LogP contribution >= 0.6 is 27.3 Å². The van der Waals surface area contributed by atoms with Crippen molar-refractivity contribution in [2.75, 3.05) is 12.4 Å². The quantitative estimate of drug-likeness (QED) is 0.327. The summed E-state index contributed by atoms with van der Waals surface area (Å²) < 4.78 is 12.3. The maximum Gasteiger partial charge on any atom is 0.342 e. The Morgan fingerprint density at radius 1 is 1.00 bits per heavy atom. The third-order valence-electron chi connectivity index (χ3n) is 5.51. The number of hydrogen-bond donors (Lipinski definition) is 1. The van der Waals surface area contributed by atoms with Crippen molar-refractivity contribution in [1.82, 2.24) is 0 Å². The number of methoxy groups -OCH3 is 1. The molecule has 0 bridgehead atoms. The molecular weight excluding hydrogens is 518 g/mol. The molecule has 1 unspecified atom stereocenters. The van der Waals surface area contributed by atoms with Crippen molar-refractivity contribution in [1.29, 1.82) is 0 Å². The molecule has 8 heteroatoms. The number of rotatable bonds is 7. The zero-order valence-corrected chi connectivity index (χ0v) is 22.7. The lowest BCUT2D eigenvalue weighted by molar-refractivity contribution is -0.122. The first-order valence-corrected chi connectivity index (χ1v) is 14.1. The molecule has 1 N–H and O–H groups in total. The molecule has 0 saturated heterocycles. The second-order valence-electron chi connectivity index (χ2n) is 8.69. The summed E-state index contributed by atoms with van der Waals surface area (Å²) in [7, 11) is -1.58. The fourth-order valence-electron chi connectivity index (χ4n) is 3.94. The first-order valence-electron chi connectivity index (χ1n) is 10.6. The molecule has 1 amide bonds. The number of esters is 1. The number of benzene rings is 2. The second-order valence-corrected chi connectivity index (χ2v) is 14.7. The third-order valence-corrected chi connectivity index (χ3v) is 12.4. The van der Waals surface area contributed by atoms with Gasteiger partial charge in [-0.25, -0.2) is 4.79 Å². The SMILES string of the molecule is COC(=O)c1c(Br)csc1NC(=O)C(C)O[Si](c1ccccc1)(c1ccccc1)C(C)(C)C. The molecule has 0 saturated carbocycles. The summed E-state index contributed by atoms with van der Waals surface area (Å²) in [5.41, 5.74) is 0.300. The van der Waals surface area contributed by atoms with E-state index in [1.165, 1.54) is 18.4 Å². The lowest BCUT2D eigenvalue weighted by Gasteiger charge is -2.44. The molecule has 0 radical (unpaired) electrons. The van der Waals surface area contributed by atoms with E-state index < -0.39 is 20.4 Å². The molecule has 3 rings (SSSR count). The topological polar surface area (TPSA) is 64.6 Å². The summed E-state index contributed by atoms with van der Waals surface area (Å²) in [5.74, 6) is -0.832. The zero-order chi connectivity index (χ0) is 24.2. The Balaban J connectivity index is 2.01. The van der Waals surface area contributed by atoms with E-state index in [1.807, 2.05) is 36.4 Å². The Hall–Kier alpha value is -2.26. The molecular formula is C25H28BrNO4SSi. The van der Waals surface area contributed by atoms with Crippen molar-refractivity contribution in [3.8, 4) is 0 Å². The van der Waals surface area contributed by atoms with E-state index in [2.05, 4.69) is 66.3 Å². The largest absolute Gasteiger partial charge is 0.465 e. The first-order chi connectivity index (χ1) is 15.6. The second kappa shape index (κ2) is 10.3. The fraction of sp³-hybridized carbons (Fsp3) is 0.280. The van der Waals surface area contributed by atoms with Gasteiger partial charge in [0.05, 0.1) is 7.11 Å². The van der Waals surface area contributed by atoms with Gasteiger partial charge in [0.15, 0.2) is 0 Å². The number of nitrogens with one attached hydrogen (secondary N) is 1. The summed E-state index contributed by atoms with van der Waals surface area (Å²) in [6.07, 6.45) is -0.761. The van der Waals surface area contributed by atoms with Gasteiger partial charge >= 0.3 is 5.97 Å². The van der Waals surface area contributed by atoms with E-state index >= 15 is 0 Å². The van der Waals surface area contributed by atoms with Crippen LogP contribution in [0.5, 0.6) is 0 Å². The van der Waals surface area contributed by atoms with Crippen LogP contribution in [0.2, 0.25) is 5.04 Å². The fourth-order valence-corrected chi connectivity index (χ4v) is 10.2. The Kier molecular flexibility index (Phi) is 7.95. The first kappa shape index (κ1) is 25.4. The minimum Gasteiger partial charge on any atom is -0.465 e. The van der Waals surface area contributed by atoms with Crippen molar-refractivity contribution in [2.45, 2.75) is 38.8 Å². The smallest absolute Gasteiger partial charge is 0.342 e. The van der Waals surface area contributed by atoms with E-state index in [0.717, 1.165) is 10.4 Å². The molecule has 33 heavy (non-hydrogen) atoms. The molecule has 0 aliphatic rings. The number of thiophene rings is 1. The van der Waals surface area contributed by atoms with Crippen LogP contribution in [0.3, 0.4) is 0 Å². The number of hydrogen-bond acceptors (Lipinski definition) is 5. The normalized spacial score (nSPS) is 12.8. The lowest BCUT2D eigenvalue weighted by Crippen LogP contribution is -2.68. The highest BCUT2D eigenvalue weighted by atomic mass is 79.9. The van der Waals surface area contributed by atoms with Crippen LogP contribution in [-0.2, 0) is 14.0 Å². The predicted molar refractivity (Wildman–Crippen MR) is 140 cm³/mol. The Morgan fingerprint density at radius 2 is 1.52 bits per heavy atom. The van der Waals surface area contributed by atoms with Crippen LogP contribution in [0.1, 0.15) is 38.1 Å². The van der Waals surface area contributed by atoms with Crippen LogP contribution in [0.4, 0.5) is 5.00 Å². The van der Waals surface area contributed by atoms with Gasteiger partial charge in [-0.05, 0) is 38.3 Å². The lowest BCUT2D eigenvalue weighted by atomic mass is 10.2. The standard InChI is InChI=1S/C25H28BrNO4SSi/c1-17(22(28)27-23-21(24(29)30-5)20(26)16-32-23)31-33(25(2,3)4,18-12-8-6-9-13-18)19-14-10-7-11-15-19/h6-17H,1-5H3,(H,27,28). The molecule has 0 fully saturated rings. The van der Waals surface area contributed by atoms with E-state index in [-0.39, 0.29) is 10.9 Å². The van der Waals surface area contributed by atoms with Gasteiger partial charge in [-0.2, -0.15) is 0 Å². The number of carbonyl (C=O) groups excluding carboxylic acids is 2. The molecule has 1 aromatic heterocycles. The average molecular weight is 547 g/mol. The van der Waals surface area contributed by atoms with Crippen molar-refractivity contribution in [3.05, 3.63) is 76.1 Å². The molecule has 1 heterocycles. The monoisotopic (exact) mass is 545 g/mol. The highest BCUT2D eigenvalue weighted by Gasteiger charge is 2.51. The average Bonchev–Trinajstić information content (AvgIpc) is 3.16. The Labute approximate surface area is 208 Å². The number of halogens is 1. The summed E-state index contributed by atoms with van der Waals surface area (Å²) in [4.78, 5) is 25.5. The van der Waals surface area contributed by atoms with Crippen LogP contribution in [0, 0.1) is 0 Å². The van der Waals surface area contributed by atoms with E-state index in [9.17, 15) is 9.59 Å². The third kappa shape index (κ3) is 5.14. The van der Waals surface area contributed by atoms with Gasteiger partial charge in [0, 0.05) is 9.85 Å². The van der Waals surface area contributed by atoms with Gasteiger partial charge < -0.3 is 14.5 Å². The molecule has 0 aliphatic carbocycles. The number of ether oxygens (including phenoxy) is 1. The predicted octanol–water partition coefficient (Wildman–Crippen LogP) is 5.20. The summed E-state index contributed by atoms with van der Waals surface area (Å²) >= 11 is 4.61. The summed E-state index contributed by atoms with van der Waals surface area (Å²) in [6, 6.07) is 20.3. The van der Waals surface area contributed by atoms with Crippen molar-refractivity contribution >= 4 is 62.8 Å².